The van der Waals surface area contributed by atoms with Crippen molar-refractivity contribution in [2.75, 3.05) is 0 Å². The van der Waals surface area contributed by atoms with Gasteiger partial charge in [-0.1, -0.05) is 0 Å². The number of aromatic amines is 1. The molecular weight excluding hydrogens is 287 g/mol. The molecule has 5 nitrogen and oxygen atoms in total. The number of halogens is 3. The van der Waals surface area contributed by atoms with Crippen molar-refractivity contribution in [2.24, 2.45) is 0 Å². The zero-order chi connectivity index (χ0) is 15.5. The monoisotopic (exact) mass is 297 g/mol. The predicted octanol–water partition coefficient (Wildman–Crippen LogP) is 2.11. The lowest BCUT2D eigenvalue weighted by Gasteiger charge is -2.08. The maximum atomic E-state index is 12.4. The quantitative estimate of drug-likeness (QED) is 0.743. The first-order chi connectivity index (χ1) is 9.88. The first-order valence-electron chi connectivity index (χ1n) is 5.79. The number of hydrazine groups is 1. The number of amides is 2. The van der Waals surface area contributed by atoms with Gasteiger partial charge in [-0.2, -0.15) is 13.2 Å². The van der Waals surface area contributed by atoms with E-state index >= 15 is 0 Å². The third-order valence-corrected chi connectivity index (χ3v) is 2.61. The van der Waals surface area contributed by atoms with E-state index in [1.807, 2.05) is 0 Å². The van der Waals surface area contributed by atoms with E-state index in [1.54, 1.807) is 6.07 Å². The summed E-state index contributed by atoms with van der Waals surface area (Å²) in [4.78, 5) is 25.8. The van der Waals surface area contributed by atoms with Gasteiger partial charge in [-0.05, 0) is 36.4 Å². The molecule has 2 aromatic rings. The van der Waals surface area contributed by atoms with E-state index in [2.05, 4.69) is 15.8 Å². The van der Waals surface area contributed by atoms with Crippen molar-refractivity contribution in [3.05, 3.63) is 59.4 Å². The van der Waals surface area contributed by atoms with Crippen LogP contribution in [0.4, 0.5) is 13.2 Å². The topological polar surface area (TPSA) is 74.0 Å². The third-order valence-electron chi connectivity index (χ3n) is 2.61. The molecular formula is C13H10F3N3O2. The van der Waals surface area contributed by atoms with E-state index in [4.69, 9.17) is 0 Å². The number of alkyl halides is 3. The Kier molecular flexibility index (Phi) is 3.97. The van der Waals surface area contributed by atoms with Crippen LogP contribution in [0, 0.1) is 0 Å². The molecule has 1 aromatic carbocycles. The van der Waals surface area contributed by atoms with Crippen LogP contribution < -0.4 is 10.9 Å². The smallest absolute Gasteiger partial charge is 0.357 e. The zero-order valence-electron chi connectivity index (χ0n) is 10.5. The van der Waals surface area contributed by atoms with Crippen molar-refractivity contribution in [2.45, 2.75) is 6.18 Å². The summed E-state index contributed by atoms with van der Waals surface area (Å²) in [5.74, 6) is -1.29. The molecule has 2 rings (SSSR count). The molecule has 3 N–H and O–H groups in total. The number of H-pyrrole nitrogens is 1. The summed E-state index contributed by atoms with van der Waals surface area (Å²) in [6, 6.07) is 6.74. The van der Waals surface area contributed by atoms with Crippen molar-refractivity contribution < 1.29 is 22.8 Å². The molecule has 8 heteroatoms. The van der Waals surface area contributed by atoms with E-state index < -0.39 is 23.6 Å². The lowest BCUT2D eigenvalue weighted by atomic mass is 10.1. The van der Waals surface area contributed by atoms with Gasteiger partial charge < -0.3 is 4.98 Å². The summed E-state index contributed by atoms with van der Waals surface area (Å²) < 4.78 is 37.1. The van der Waals surface area contributed by atoms with E-state index in [0.717, 1.165) is 24.3 Å². The SMILES string of the molecule is O=C(NNC(=O)c1ccc[nH]1)c1ccc(C(F)(F)F)cc1. The van der Waals surface area contributed by atoms with Crippen LogP contribution in [-0.2, 0) is 6.18 Å². The second kappa shape index (κ2) is 5.70. The largest absolute Gasteiger partial charge is 0.416 e. The Morgan fingerprint density at radius 3 is 2.10 bits per heavy atom. The van der Waals surface area contributed by atoms with Gasteiger partial charge in [-0.3, -0.25) is 20.4 Å². The normalized spacial score (nSPS) is 11.0. The van der Waals surface area contributed by atoms with Gasteiger partial charge in [0.15, 0.2) is 0 Å². The maximum absolute atomic E-state index is 12.4. The van der Waals surface area contributed by atoms with Gasteiger partial charge in [-0.15, -0.1) is 0 Å². The minimum atomic E-state index is -4.46. The van der Waals surface area contributed by atoms with E-state index in [-0.39, 0.29) is 11.3 Å². The Bertz CT molecular complexity index is 634. The molecule has 110 valence electrons. The second-order valence-electron chi connectivity index (χ2n) is 4.07. The summed E-state index contributed by atoms with van der Waals surface area (Å²) in [5.41, 5.74) is 3.62. The third kappa shape index (κ3) is 3.62. The molecule has 0 radical (unpaired) electrons. The molecule has 0 aliphatic heterocycles. The highest BCUT2D eigenvalue weighted by molar-refractivity contribution is 5.98. The molecule has 0 aliphatic carbocycles. The standard InChI is InChI=1S/C13H10F3N3O2/c14-13(15,16)9-5-3-8(4-6-9)11(20)18-19-12(21)10-2-1-7-17-10/h1-7,17H,(H,18,20)(H,19,21). The Labute approximate surface area is 117 Å². The highest BCUT2D eigenvalue weighted by Gasteiger charge is 2.30. The van der Waals surface area contributed by atoms with Crippen molar-refractivity contribution in [1.29, 1.82) is 0 Å². The second-order valence-corrected chi connectivity index (χ2v) is 4.07. The lowest BCUT2D eigenvalue weighted by molar-refractivity contribution is -0.137. The molecule has 1 aromatic heterocycles. The number of hydrogen-bond acceptors (Lipinski definition) is 2. The number of carbonyl (C=O) groups excluding carboxylic acids is 2. The van der Waals surface area contributed by atoms with Gasteiger partial charge in [0.1, 0.15) is 5.69 Å². The summed E-state index contributed by atoms with van der Waals surface area (Å²) >= 11 is 0. The van der Waals surface area contributed by atoms with Crippen molar-refractivity contribution >= 4 is 11.8 Å². The van der Waals surface area contributed by atoms with Crippen LogP contribution >= 0.6 is 0 Å². The number of rotatable bonds is 2. The van der Waals surface area contributed by atoms with Gasteiger partial charge in [-0.25, -0.2) is 0 Å². The number of benzene rings is 1. The molecule has 0 fully saturated rings. The van der Waals surface area contributed by atoms with E-state index in [1.165, 1.54) is 12.3 Å². The Balaban J connectivity index is 1.96. The molecule has 0 aliphatic rings. The predicted molar refractivity (Wildman–Crippen MR) is 67.2 cm³/mol. The van der Waals surface area contributed by atoms with Crippen LogP contribution in [0.2, 0.25) is 0 Å². The van der Waals surface area contributed by atoms with Crippen LogP contribution in [-0.4, -0.2) is 16.8 Å². The van der Waals surface area contributed by atoms with Gasteiger partial charge in [0, 0.05) is 11.8 Å². The lowest BCUT2D eigenvalue weighted by Crippen LogP contribution is -2.41. The van der Waals surface area contributed by atoms with E-state index in [9.17, 15) is 22.8 Å². The molecule has 0 saturated carbocycles. The van der Waals surface area contributed by atoms with Gasteiger partial charge >= 0.3 is 6.18 Å². The Morgan fingerprint density at radius 1 is 0.952 bits per heavy atom. The molecule has 0 bridgehead atoms. The molecule has 1 heterocycles. The first-order valence-corrected chi connectivity index (χ1v) is 5.79. The highest BCUT2D eigenvalue weighted by atomic mass is 19.4. The fraction of sp³-hybridized carbons (Fsp3) is 0.0769. The molecule has 0 atom stereocenters. The highest BCUT2D eigenvalue weighted by Crippen LogP contribution is 2.28. The van der Waals surface area contributed by atoms with E-state index in [0.29, 0.717) is 0 Å². The first kappa shape index (κ1) is 14.6. The van der Waals surface area contributed by atoms with Crippen LogP contribution in [0.3, 0.4) is 0 Å². The van der Waals surface area contributed by atoms with Crippen molar-refractivity contribution in [3.8, 4) is 0 Å². The molecule has 0 unspecified atom stereocenters. The number of nitrogens with one attached hydrogen (secondary N) is 3. The summed E-state index contributed by atoms with van der Waals surface area (Å²) in [7, 11) is 0. The molecule has 21 heavy (non-hydrogen) atoms. The van der Waals surface area contributed by atoms with Crippen molar-refractivity contribution in [3.63, 3.8) is 0 Å². The Hall–Kier alpha value is -2.77. The van der Waals surface area contributed by atoms with Gasteiger partial charge in [0.2, 0.25) is 0 Å². The fourth-order valence-electron chi connectivity index (χ4n) is 1.54. The van der Waals surface area contributed by atoms with Crippen LogP contribution in [0.1, 0.15) is 26.4 Å². The molecule has 0 spiro atoms. The van der Waals surface area contributed by atoms with Crippen LogP contribution in [0.15, 0.2) is 42.6 Å². The zero-order valence-corrected chi connectivity index (χ0v) is 10.5. The minimum Gasteiger partial charge on any atom is -0.357 e. The van der Waals surface area contributed by atoms with Crippen LogP contribution in [0.25, 0.3) is 0 Å². The van der Waals surface area contributed by atoms with Gasteiger partial charge in [0.05, 0.1) is 5.56 Å². The average Bonchev–Trinajstić information content (AvgIpc) is 2.98. The average molecular weight is 297 g/mol. The fourth-order valence-corrected chi connectivity index (χ4v) is 1.54. The minimum absolute atomic E-state index is 0.00483. The summed E-state index contributed by atoms with van der Waals surface area (Å²) in [6.07, 6.45) is -2.93. The van der Waals surface area contributed by atoms with Gasteiger partial charge in [0.25, 0.3) is 11.8 Å². The molecule has 0 saturated heterocycles. The summed E-state index contributed by atoms with van der Waals surface area (Å²) in [5, 5.41) is 0. The number of aromatic nitrogens is 1. The van der Waals surface area contributed by atoms with Crippen molar-refractivity contribution in [1.82, 2.24) is 15.8 Å². The summed E-state index contributed by atoms with van der Waals surface area (Å²) in [6.45, 7) is 0. The van der Waals surface area contributed by atoms with Crippen LogP contribution in [0.5, 0.6) is 0 Å². The maximum Gasteiger partial charge on any atom is 0.416 e. The number of carbonyl (C=O) groups is 2. The number of hydrogen-bond donors (Lipinski definition) is 3. The molecule has 2 amide bonds. The Morgan fingerprint density at radius 2 is 1.57 bits per heavy atom.